The minimum absolute atomic E-state index is 0.0746. The molecule has 2 rings (SSSR count). The van der Waals surface area contributed by atoms with E-state index in [0.717, 1.165) is 5.56 Å². The lowest BCUT2D eigenvalue weighted by atomic mass is 10.0. The van der Waals surface area contributed by atoms with Gasteiger partial charge in [-0.2, -0.15) is 0 Å². The fourth-order valence-electron chi connectivity index (χ4n) is 2.15. The second-order valence-corrected chi connectivity index (χ2v) is 6.52. The predicted molar refractivity (Wildman–Crippen MR) is 93.0 cm³/mol. The summed E-state index contributed by atoms with van der Waals surface area (Å²) in [5.74, 6) is 0.0627. The third-order valence-electron chi connectivity index (χ3n) is 3.50. The van der Waals surface area contributed by atoms with Crippen LogP contribution in [0.4, 0.5) is 0 Å². The molecule has 1 aromatic carbocycles. The van der Waals surface area contributed by atoms with Gasteiger partial charge in [-0.25, -0.2) is 0 Å². The highest BCUT2D eigenvalue weighted by molar-refractivity contribution is 6.30. The molecule has 1 heterocycles. The zero-order valence-electron chi connectivity index (χ0n) is 13.8. The van der Waals surface area contributed by atoms with Gasteiger partial charge < -0.3 is 15.5 Å². The number of hydrogen-bond donors (Lipinski definition) is 2. The number of hydrogen-bond acceptors (Lipinski definition) is 4. The maximum absolute atomic E-state index is 12.1. The maximum Gasteiger partial charge on any atom is 0.264 e. The van der Waals surface area contributed by atoms with Crippen molar-refractivity contribution in [2.75, 3.05) is 13.1 Å². The molecule has 1 aliphatic rings. The van der Waals surface area contributed by atoms with E-state index in [1.807, 2.05) is 26.0 Å². The summed E-state index contributed by atoms with van der Waals surface area (Å²) in [4.78, 5) is 28.8. The Morgan fingerprint density at radius 3 is 2.67 bits per heavy atom. The number of halogens is 1. The van der Waals surface area contributed by atoms with Crippen LogP contribution in [-0.2, 0) is 14.4 Å². The average Bonchev–Trinajstić information content (AvgIpc) is 3.03. The first-order chi connectivity index (χ1) is 11.5. The number of benzene rings is 1. The molecule has 0 aliphatic carbocycles. The molecule has 0 aromatic heterocycles. The van der Waals surface area contributed by atoms with Crippen LogP contribution >= 0.6 is 11.6 Å². The number of carbonyl (C=O) groups is 2. The zero-order valence-corrected chi connectivity index (χ0v) is 14.6. The highest BCUT2D eigenvalue weighted by Crippen LogP contribution is 2.18. The van der Waals surface area contributed by atoms with E-state index >= 15 is 0 Å². The molecule has 1 aromatic rings. The Hall–Kier alpha value is -2.08. The predicted octanol–water partition coefficient (Wildman–Crippen LogP) is 2.11. The van der Waals surface area contributed by atoms with Gasteiger partial charge in [-0.05, 0) is 23.6 Å². The third-order valence-corrected chi connectivity index (χ3v) is 3.75. The average molecular weight is 352 g/mol. The van der Waals surface area contributed by atoms with Gasteiger partial charge in [0.05, 0.1) is 5.71 Å². The van der Waals surface area contributed by atoms with Crippen LogP contribution in [0.25, 0.3) is 0 Å². The molecule has 130 valence electrons. The molecular formula is C17H22ClN3O3. The van der Waals surface area contributed by atoms with Crippen LogP contribution in [0.3, 0.4) is 0 Å². The van der Waals surface area contributed by atoms with E-state index < -0.39 is 6.10 Å². The molecule has 7 heteroatoms. The summed E-state index contributed by atoms with van der Waals surface area (Å²) in [5, 5.41) is 10.1. The van der Waals surface area contributed by atoms with Gasteiger partial charge >= 0.3 is 0 Å². The van der Waals surface area contributed by atoms with E-state index in [9.17, 15) is 9.59 Å². The summed E-state index contributed by atoms with van der Waals surface area (Å²) >= 11 is 5.85. The number of nitrogens with one attached hydrogen (secondary N) is 2. The Kier molecular flexibility index (Phi) is 6.61. The molecule has 0 spiro atoms. The first-order valence-electron chi connectivity index (χ1n) is 7.98. The molecule has 1 atom stereocenters. The topological polar surface area (TPSA) is 79.8 Å². The van der Waals surface area contributed by atoms with Crippen molar-refractivity contribution in [3.05, 3.63) is 34.9 Å². The first-order valence-corrected chi connectivity index (χ1v) is 8.36. The highest BCUT2D eigenvalue weighted by atomic mass is 35.5. The van der Waals surface area contributed by atoms with Crippen molar-refractivity contribution < 1.29 is 14.4 Å². The second-order valence-electron chi connectivity index (χ2n) is 6.08. The number of carbonyl (C=O) groups excluding carboxylic acids is 2. The van der Waals surface area contributed by atoms with Gasteiger partial charge in [0.15, 0.2) is 0 Å². The van der Waals surface area contributed by atoms with Gasteiger partial charge in [0, 0.05) is 31.0 Å². The summed E-state index contributed by atoms with van der Waals surface area (Å²) in [7, 11) is 0. The van der Waals surface area contributed by atoms with E-state index in [1.165, 1.54) is 0 Å². The van der Waals surface area contributed by atoms with E-state index in [-0.39, 0.29) is 24.8 Å². The van der Waals surface area contributed by atoms with Crippen molar-refractivity contribution in [1.29, 1.82) is 0 Å². The van der Waals surface area contributed by atoms with Crippen molar-refractivity contribution in [3.63, 3.8) is 0 Å². The normalized spacial score (nSPS) is 16.5. The van der Waals surface area contributed by atoms with Crippen molar-refractivity contribution >= 4 is 29.1 Å². The van der Waals surface area contributed by atoms with Gasteiger partial charge in [-0.15, -0.1) is 0 Å². The minimum Gasteiger partial charge on any atom is -0.382 e. The number of amides is 2. The fraction of sp³-hybridized carbons (Fsp3) is 0.471. The smallest absolute Gasteiger partial charge is 0.264 e. The fourth-order valence-corrected chi connectivity index (χ4v) is 2.28. The number of oxime groups is 1. The van der Waals surface area contributed by atoms with Crippen LogP contribution in [0.15, 0.2) is 29.4 Å². The van der Waals surface area contributed by atoms with Crippen LogP contribution in [0.2, 0.25) is 5.02 Å². The van der Waals surface area contributed by atoms with Crippen LogP contribution in [0, 0.1) is 5.92 Å². The summed E-state index contributed by atoms with van der Waals surface area (Å²) in [5.41, 5.74) is 1.59. The summed E-state index contributed by atoms with van der Waals surface area (Å²) in [6, 6.07) is 7.21. The summed E-state index contributed by atoms with van der Waals surface area (Å²) in [6.07, 6.45) is -0.0160. The Balaban J connectivity index is 1.71. The van der Waals surface area contributed by atoms with E-state index in [2.05, 4.69) is 15.8 Å². The second kappa shape index (κ2) is 8.68. The SMILES string of the molecule is CC(C)CNC(=O)CCNC(=O)C1CC(c2ccc(Cl)cc2)=NO1. The lowest BCUT2D eigenvalue weighted by Crippen LogP contribution is -2.37. The molecule has 0 bridgehead atoms. The molecule has 2 amide bonds. The molecule has 0 fully saturated rings. The Morgan fingerprint density at radius 1 is 1.29 bits per heavy atom. The molecule has 1 unspecified atom stereocenters. The number of nitrogens with zero attached hydrogens (tertiary/aromatic N) is 1. The van der Waals surface area contributed by atoms with Gasteiger partial charge in [0.25, 0.3) is 5.91 Å². The minimum atomic E-state index is -0.658. The molecule has 0 radical (unpaired) electrons. The molecule has 6 nitrogen and oxygen atoms in total. The first kappa shape index (κ1) is 18.3. The van der Waals surface area contributed by atoms with Crippen LogP contribution in [0.5, 0.6) is 0 Å². The van der Waals surface area contributed by atoms with Gasteiger partial charge in [-0.1, -0.05) is 42.7 Å². The van der Waals surface area contributed by atoms with E-state index in [4.69, 9.17) is 16.4 Å². The highest BCUT2D eigenvalue weighted by Gasteiger charge is 2.28. The van der Waals surface area contributed by atoms with Crippen molar-refractivity contribution in [2.24, 2.45) is 11.1 Å². The maximum atomic E-state index is 12.1. The van der Waals surface area contributed by atoms with Gasteiger partial charge in [0.2, 0.25) is 12.0 Å². The van der Waals surface area contributed by atoms with Gasteiger partial charge in [0.1, 0.15) is 0 Å². The van der Waals surface area contributed by atoms with E-state index in [1.54, 1.807) is 12.1 Å². The lowest BCUT2D eigenvalue weighted by Gasteiger charge is -2.10. The Labute approximate surface area is 146 Å². The van der Waals surface area contributed by atoms with Crippen LogP contribution in [-0.4, -0.2) is 36.7 Å². The van der Waals surface area contributed by atoms with Gasteiger partial charge in [-0.3, -0.25) is 9.59 Å². The summed E-state index contributed by atoms with van der Waals surface area (Å²) in [6.45, 7) is 4.96. The van der Waals surface area contributed by atoms with Crippen molar-refractivity contribution in [3.8, 4) is 0 Å². The van der Waals surface area contributed by atoms with E-state index in [0.29, 0.717) is 29.6 Å². The number of rotatable bonds is 7. The lowest BCUT2D eigenvalue weighted by molar-refractivity contribution is -0.131. The van der Waals surface area contributed by atoms with Crippen molar-refractivity contribution in [1.82, 2.24) is 10.6 Å². The third kappa shape index (κ3) is 5.53. The zero-order chi connectivity index (χ0) is 17.5. The molecular weight excluding hydrogens is 330 g/mol. The molecule has 24 heavy (non-hydrogen) atoms. The standard InChI is InChI=1S/C17H22ClN3O3/c1-11(2)10-20-16(22)7-8-19-17(23)15-9-14(21-24-15)12-3-5-13(18)6-4-12/h3-6,11,15H,7-10H2,1-2H3,(H,19,23)(H,20,22). The Bertz CT molecular complexity index is 614. The van der Waals surface area contributed by atoms with Crippen LogP contribution in [0.1, 0.15) is 32.3 Å². The molecule has 2 N–H and O–H groups in total. The largest absolute Gasteiger partial charge is 0.382 e. The molecule has 0 saturated heterocycles. The summed E-state index contributed by atoms with van der Waals surface area (Å²) < 4.78 is 0. The molecule has 0 saturated carbocycles. The van der Waals surface area contributed by atoms with Crippen molar-refractivity contribution in [2.45, 2.75) is 32.8 Å². The Morgan fingerprint density at radius 2 is 2.00 bits per heavy atom. The quantitative estimate of drug-likeness (QED) is 0.789. The van der Waals surface area contributed by atoms with Crippen LogP contribution < -0.4 is 10.6 Å². The monoisotopic (exact) mass is 351 g/mol. The molecule has 1 aliphatic heterocycles.